The van der Waals surface area contributed by atoms with E-state index in [-0.39, 0.29) is 0 Å². The molecule has 0 radical (unpaired) electrons. The minimum Gasteiger partial charge on any atom is -0.497 e. The van der Waals surface area contributed by atoms with Crippen molar-refractivity contribution in [2.75, 3.05) is 12.8 Å². The van der Waals surface area contributed by atoms with Crippen molar-refractivity contribution < 1.29 is 9.47 Å². The molecule has 5 heteroatoms. The number of pyridine rings is 1. The number of nitrogens with zero attached hydrogens (tertiary/aromatic N) is 2. The molecule has 0 fully saturated rings. The summed E-state index contributed by atoms with van der Waals surface area (Å²) in [7, 11) is 1.58. The van der Waals surface area contributed by atoms with Gasteiger partial charge in [-0.1, -0.05) is 0 Å². The molecule has 2 aromatic rings. The van der Waals surface area contributed by atoms with E-state index in [2.05, 4.69) is 4.98 Å². The van der Waals surface area contributed by atoms with Crippen molar-refractivity contribution in [3.05, 3.63) is 47.8 Å². The molecule has 0 atom stereocenters. The van der Waals surface area contributed by atoms with E-state index in [1.54, 1.807) is 43.6 Å². The molecular weight excluding hydrogens is 242 g/mol. The number of ether oxygens (including phenoxy) is 2. The lowest BCUT2D eigenvalue weighted by molar-refractivity contribution is 0.305. The number of nitriles is 1. The number of benzene rings is 1. The number of methoxy groups -OCH3 is 1. The molecule has 5 nitrogen and oxygen atoms in total. The van der Waals surface area contributed by atoms with Crippen molar-refractivity contribution >= 4 is 5.69 Å². The highest BCUT2D eigenvalue weighted by Gasteiger charge is 2.04. The second kappa shape index (κ2) is 5.74. The summed E-state index contributed by atoms with van der Waals surface area (Å²) >= 11 is 0. The van der Waals surface area contributed by atoms with Gasteiger partial charge in [-0.15, -0.1) is 0 Å². The standard InChI is InChI=1S/C14H13N3O2/c1-18-12-2-3-13(16)14(7-12)19-9-10-4-5-17-11(6-10)8-15/h2-7H,9,16H2,1H3. The summed E-state index contributed by atoms with van der Waals surface area (Å²) in [6.45, 7) is 0.314. The van der Waals surface area contributed by atoms with Gasteiger partial charge < -0.3 is 15.2 Å². The van der Waals surface area contributed by atoms with Crippen LogP contribution in [0.5, 0.6) is 11.5 Å². The van der Waals surface area contributed by atoms with Gasteiger partial charge in [-0.05, 0) is 29.8 Å². The van der Waals surface area contributed by atoms with Crippen molar-refractivity contribution in [3.63, 3.8) is 0 Å². The highest BCUT2D eigenvalue weighted by Crippen LogP contribution is 2.27. The van der Waals surface area contributed by atoms with Crippen LogP contribution in [0.25, 0.3) is 0 Å². The topological polar surface area (TPSA) is 81.2 Å². The van der Waals surface area contributed by atoms with Crippen LogP contribution in [0.15, 0.2) is 36.5 Å². The molecule has 1 aromatic carbocycles. The Morgan fingerprint density at radius 3 is 2.89 bits per heavy atom. The quantitative estimate of drug-likeness (QED) is 0.846. The summed E-state index contributed by atoms with van der Waals surface area (Å²) < 4.78 is 10.7. The molecule has 19 heavy (non-hydrogen) atoms. The Morgan fingerprint density at radius 2 is 2.16 bits per heavy atom. The molecule has 0 spiro atoms. The predicted octanol–water partition coefficient (Wildman–Crippen LogP) is 2.12. The highest BCUT2D eigenvalue weighted by atomic mass is 16.5. The van der Waals surface area contributed by atoms with E-state index < -0.39 is 0 Å². The van der Waals surface area contributed by atoms with Crippen LogP contribution in [0.1, 0.15) is 11.3 Å². The van der Waals surface area contributed by atoms with Crippen molar-refractivity contribution in [3.8, 4) is 17.6 Å². The summed E-state index contributed by atoms with van der Waals surface area (Å²) in [6, 6.07) is 10.7. The van der Waals surface area contributed by atoms with Gasteiger partial charge in [0.2, 0.25) is 0 Å². The molecule has 2 rings (SSSR count). The minimum atomic E-state index is 0.314. The molecule has 0 bridgehead atoms. The predicted molar refractivity (Wildman–Crippen MR) is 70.7 cm³/mol. The molecule has 2 N–H and O–H groups in total. The molecule has 96 valence electrons. The van der Waals surface area contributed by atoms with E-state index in [1.807, 2.05) is 6.07 Å². The SMILES string of the molecule is COc1ccc(N)c(OCc2ccnc(C#N)c2)c1. The Labute approximate surface area is 111 Å². The van der Waals surface area contributed by atoms with E-state index in [0.717, 1.165) is 5.56 Å². The first-order valence-electron chi connectivity index (χ1n) is 5.64. The van der Waals surface area contributed by atoms with Gasteiger partial charge >= 0.3 is 0 Å². The summed E-state index contributed by atoms with van der Waals surface area (Å²) in [4.78, 5) is 3.90. The normalized spacial score (nSPS) is 9.68. The number of aromatic nitrogens is 1. The summed E-state index contributed by atoms with van der Waals surface area (Å²) in [5.74, 6) is 1.23. The Morgan fingerprint density at radius 1 is 1.32 bits per heavy atom. The Balaban J connectivity index is 2.12. The van der Waals surface area contributed by atoms with Crippen molar-refractivity contribution in [2.45, 2.75) is 6.61 Å². The van der Waals surface area contributed by atoms with Crippen LogP contribution >= 0.6 is 0 Å². The molecule has 1 aromatic heterocycles. The van der Waals surface area contributed by atoms with Gasteiger partial charge in [-0.3, -0.25) is 0 Å². The lowest BCUT2D eigenvalue weighted by Crippen LogP contribution is -2.00. The average molecular weight is 255 g/mol. The first kappa shape index (κ1) is 12.7. The fourth-order valence-electron chi connectivity index (χ4n) is 1.55. The lowest BCUT2D eigenvalue weighted by atomic mass is 10.2. The minimum absolute atomic E-state index is 0.314. The van der Waals surface area contributed by atoms with E-state index >= 15 is 0 Å². The van der Waals surface area contributed by atoms with Gasteiger partial charge in [0.25, 0.3) is 0 Å². The van der Waals surface area contributed by atoms with Gasteiger partial charge in [0, 0.05) is 12.3 Å². The first-order valence-corrected chi connectivity index (χ1v) is 5.64. The van der Waals surface area contributed by atoms with Crippen molar-refractivity contribution in [1.82, 2.24) is 4.98 Å². The number of hydrogen-bond donors (Lipinski definition) is 1. The first-order chi connectivity index (χ1) is 9.22. The van der Waals surface area contributed by atoms with E-state index in [0.29, 0.717) is 29.5 Å². The number of nitrogen functional groups attached to an aromatic ring is 1. The largest absolute Gasteiger partial charge is 0.497 e. The smallest absolute Gasteiger partial charge is 0.146 e. The van der Waals surface area contributed by atoms with E-state index in [4.69, 9.17) is 20.5 Å². The summed E-state index contributed by atoms with van der Waals surface area (Å²) in [5, 5.41) is 8.77. The molecule has 0 unspecified atom stereocenters. The molecule has 0 aliphatic rings. The Hall–Kier alpha value is -2.74. The zero-order chi connectivity index (χ0) is 13.7. The molecule has 0 aliphatic heterocycles. The fraction of sp³-hybridized carbons (Fsp3) is 0.143. The Kier molecular flexibility index (Phi) is 3.84. The monoisotopic (exact) mass is 255 g/mol. The zero-order valence-electron chi connectivity index (χ0n) is 10.5. The maximum atomic E-state index is 8.77. The van der Waals surface area contributed by atoms with Gasteiger partial charge in [0.1, 0.15) is 29.9 Å². The lowest BCUT2D eigenvalue weighted by Gasteiger charge is -2.10. The van der Waals surface area contributed by atoms with Gasteiger partial charge in [0.05, 0.1) is 12.8 Å². The number of anilines is 1. The van der Waals surface area contributed by atoms with Crippen LogP contribution in [0.2, 0.25) is 0 Å². The third-order valence-corrected chi connectivity index (χ3v) is 2.55. The number of nitrogens with two attached hydrogens (primary N) is 1. The van der Waals surface area contributed by atoms with Crippen LogP contribution in [0.4, 0.5) is 5.69 Å². The van der Waals surface area contributed by atoms with E-state index in [1.165, 1.54) is 0 Å². The van der Waals surface area contributed by atoms with Crippen LogP contribution in [0.3, 0.4) is 0 Å². The highest BCUT2D eigenvalue weighted by molar-refractivity contribution is 5.55. The zero-order valence-corrected chi connectivity index (χ0v) is 10.5. The second-order valence-corrected chi connectivity index (χ2v) is 3.85. The summed E-state index contributed by atoms with van der Waals surface area (Å²) in [5.41, 5.74) is 7.57. The average Bonchev–Trinajstić information content (AvgIpc) is 2.46. The van der Waals surface area contributed by atoms with Crippen molar-refractivity contribution in [2.24, 2.45) is 0 Å². The maximum absolute atomic E-state index is 8.77. The third-order valence-electron chi connectivity index (χ3n) is 2.55. The maximum Gasteiger partial charge on any atom is 0.146 e. The Bertz CT molecular complexity index is 620. The summed E-state index contributed by atoms with van der Waals surface area (Å²) in [6.07, 6.45) is 1.58. The number of hydrogen-bond acceptors (Lipinski definition) is 5. The van der Waals surface area contributed by atoms with E-state index in [9.17, 15) is 0 Å². The molecular formula is C14H13N3O2. The molecule has 0 saturated carbocycles. The molecule has 0 saturated heterocycles. The molecule has 1 heterocycles. The second-order valence-electron chi connectivity index (χ2n) is 3.85. The van der Waals surface area contributed by atoms with Crippen LogP contribution < -0.4 is 15.2 Å². The molecule has 0 amide bonds. The molecule has 0 aliphatic carbocycles. The fourth-order valence-corrected chi connectivity index (χ4v) is 1.55. The number of rotatable bonds is 4. The third kappa shape index (κ3) is 3.13. The van der Waals surface area contributed by atoms with Gasteiger partial charge in [-0.25, -0.2) is 4.98 Å². The van der Waals surface area contributed by atoms with Gasteiger partial charge in [0.15, 0.2) is 0 Å². The van der Waals surface area contributed by atoms with Gasteiger partial charge in [-0.2, -0.15) is 5.26 Å². The van der Waals surface area contributed by atoms with Crippen LogP contribution in [0, 0.1) is 11.3 Å². The van der Waals surface area contributed by atoms with Crippen LogP contribution in [-0.4, -0.2) is 12.1 Å². The van der Waals surface area contributed by atoms with Crippen LogP contribution in [-0.2, 0) is 6.61 Å². The van der Waals surface area contributed by atoms with Crippen molar-refractivity contribution in [1.29, 1.82) is 5.26 Å².